The number of aryl methyl sites for hydroxylation is 2. The van der Waals surface area contributed by atoms with Crippen molar-refractivity contribution in [3.8, 4) is 11.5 Å². The summed E-state index contributed by atoms with van der Waals surface area (Å²) >= 11 is 0. The summed E-state index contributed by atoms with van der Waals surface area (Å²) in [5.41, 5.74) is 3.37. The number of ether oxygens (including phenoxy) is 2. The summed E-state index contributed by atoms with van der Waals surface area (Å²) in [4.78, 5) is 12.6. The molecule has 0 bridgehead atoms. The molecular formula is C27H30N2O5S. The average Bonchev–Trinajstić information content (AvgIpc) is 2.87. The number of carbonyl (C=O) groups excluding carboxylic acids is 1. The molecule has 1 aliphatic rings. The fourth-order valence-corrected chi connectivity index (χ4v) is 5.85. The van der Waals surface area contributed by atoms with Crippen molar-refractivity contribution in [2.45, 2.75) is 37.6 Å². The number of rotatable bonds is 8. The van der Waals surface area contributed by atoms with Gasteiger partial charge in [-0.25, -0.2) is 8.42 Å². The first-order valence-corrected chi connectivity index (χ1v) is 13.0. The van der Waals surface area contributed by atoms with E-state index < -0.39 is 10.0 Å². The van der Waals surface area contributed by atoms with Crippen molar-refractivity contribution in [3.05, 3.63) is 83.4 Å². The van der Waals surface area contributed by atoms with Crippen molar-refractivity contribution in [3.63, 3.8) is 0 Å². The van der Waals surface area contributed by atoms with E-state index in [0.29, 0.717) is 17.9 Å². The van der Waals surface area contributed by atoms with Crippen LogP contribution in [0, 0.1) is 6.92 Å². The molecule has 3 aromatic rings. The molecular weight excluding hydrogens is 464 g/mol. The third kappa shape index (κ3) is 5.43. The van der Waals surface area contributed by atoms with Crippen LogP contribution in [-0.2, 0) is 21.2 Å². The van der Waals surface area contributed by atoms with Gasteiger partial charge in [0.1, 0.15) is 11.5 Å². The molecule has 0 fully saturated rings. The minimum absolute atomic E-state index is 0.174. The van der Waals surface area contributed by atoms with Crippen LogP contribution in [0.5, 0.6) is 11.5 Å². The van der Waals surface area contributed by atoms with E-state index in [2.05, 4.69) is 5.32 Å². The van der Waals surface area contributed by atoms with E-state index >= 15 is 0 Å². The third-order valence-corrected chi connectivity index (χ3v) is 7.96. The molecule has 7 nitrogen and oxygen atoms in total. The van der Waals surface area contributed by atoms with Crippen LogP contribution < -0.4 is 19.1 Å². The number of nitrogens with zero attached hydrogens (tertiary/aromatic N) is 1. The number of sulfonamides is 1. The number of methoxy groups -OCH3 is 1. The topological polar surface area (TPSA) is 84.9 Å². The molecule has 0 saturated heterocycles. The van der Waals surface area contributed by atoms with Crippen molar-refractivity contribution in [1.29, 1.82) is 0 Å². The molecule has 0 aromatic heterocycles. The molecule has 1 amide bonds. The number of carbonyl (C=O) groups is 1. The van der Waals surface area contributed by atoms with Gasteiger partial charge < -0.3 is 14.8 Å². The Kier molecular flexibility index (Phi) is 7.31. The van der Waals surface area contributed by atoms with E-state index in [1.807, 2.05) is 55.5 Å². The summed E-state index contributed by atoms with van der Waals surface area (Å²) in [7, 11) is -2.10. The van der Waals surface area contributed by atoms with Crippen LogP contribution in [0.4, 0.5) is 5.69 Å². The fraction of sp³-hybridized carbons (Fsp3) is 0.296. The Labute approximate surface area is 206 Å². The molecule has 1 N–H and O–H groups in total. The molecule has 1 atom stereocenters. The SMILES string of the molecule is COc1ccc(C(C)NC(=O)COc2ccc(S(=O)(=O)N3CCCc4ccccc43)cc2C)cc1. The van der Waals surface area contributed by atoms with Gasteiger partial charge in [0.25, 0.3) is 15.9 Å². The van der Waals surface area contributed by atoms with Gasteiger partial charge in [0, 0.05) is 6.54 Å². The highest BCUT2D eigenvalue weighted by molar-refractivity contribution is 7.92. The van der Waals surface area contributed by atoms with Gasteiger partial charge in [-0.2, -0.15) is 0 Å². The van der Waals surface area contributed by atoms with E-state index in [1.54, 1.807) is 26.2 Å². The summed E-state index contributed by atoms with van der Waals surface area (Å²) in [6, 6.07) is 19.6. The van der Waals surface area contributed by atoms with Gasteiger partial charge in [-0.15, -0.1) is 0 Å². The quantitative estimate of drug-likeness (QED) is 0.502. The van der Waals surface area contributed by atoms with Gasteiger partial charge in [0.05, 0.1) is 23.7 Å². The van der Waals surface area contributed by atoms with Crippen molar-refractivity contribution < 1.29 is 22.7 Å². The van der Waals surface area contributed by atoms with Crippen LogP contribution >= 0.6 is 0 Å². The summed E-state index contributed by atoms with van der Waals surface area (Å²) in [5.74, 6) is 0.950. The Morgan fingerprint density at radius 3 is 2.54 bits per heavy atom. The van der Waals surface area contributed by atoms with Gasteiger partial charge in [0.2, 0.25) is 0 Å². The van der Waals surface area contributed by atoms with Crippen molar-refractivity contribution in [2.24, 2.45) is 0 Å². The highest BCUT2D eigenvalue weighted by atomic mass is 32.2. The molecule has 184 valence electrons. The minimum atomic E-state index is -3.71. The number of benzene rings is 3. The maximum atomic E-state index is 13.4. The maximum absolute atomic E-state index is 13.4. The molecule has 1 unspecified atom stereocenters. The lowest BCUT2D eigenvalue weighted by atomic mass is 10.0. The Bertz CT molecular complexity index is 1310. The van der Waals surface area contributed by atoms with E-state index in [1.165, 1.54) is 10.4 Å². The molecule has 35 heavy (non-hydrogen) atoms. The first-order valence-electron chi connectivity index (χ1n) is 11.6. The minimum Gasteiger partial charge on any atom is -0.497 e. The Morgan fingerprint density at radius 2 is 1.83 bits per heavy atom. The molecule has 1 heterocycles. The number of fused-ring (bicyclic) bond motifs is 1. The standard InChI is InChI=1S/C27H30N2O5S/c1-19-17-24(35(31,32)29-16-6-8-22-7-4-5-9-25(22)29)14-15-26(19)34-18-27(30)28-20(2)21-10-12-23(33-3)13-11-21/h4-5,7,9-15,17,20H,6,8,16,18H2,1-3H3,(H,28,30). The fourth-order valence-electron chi connectivity index (χ4n) is 4.22. The van der Waals surface area contributed by atoms with E-state index in [0.717, 1.165) is 35.4 Å². The smallest absolute Gasteiger partial charge is 0.264 e. The summed E-state index contributed by atoms with van der Waals surface area (Å²) < 4.78 is 39.1. The van der Waals surface area contributed by atoms with Crippen molar-refractivity contribution in [1.82, 2.24) is 5.32 Å². The predicted octanol–water partition coefficient (Wildman–Crippen LogP) is 4.40. The molecule has 4 rings (SSSR count). The Morgan fingerprint density at radius 1 is 1.09 bits per heavy atom. The molecule has 1 aliphatic heterocycles. The molecule has 3 aromatic carbocycles. The zero-order chi connectivity index (χ0) is 25.0. The number of hydrogen-bond acceptors (Lipinski definition) is 5. The van der Waals surface area contributed by atoms with E-state index in [4.69, 9.17) is 9.47 Å². The first kappa shape index (κ1) is 24.6. The van der Waals surface area contributed by atoms with Crippen LogP contribution in [0.15, 0.2) is 71.6 Å². The highest BCUT2D eigenvalue weighted by Gasteiger charge is 2.29. The summed E-state index contributed by atoms with van der Waals surface area (Å²) in [5, 5.41) is 2.90. The van der Waals surface area contributed by atoms with Crippen LogP contribution in [0.1, 0.15) is 36.1 Å². The van der Waals surface area contributed by atoms with Gasteiger partial charge in [0.15, 0.2) is 6.61 Å². The number of anilines is 1. The lowest BCUT2D eigenvalue weighted by molar-refractivity contribution is -0.123. The highest BCUT2D eigenvalue weighted by Crippen LogP contribution is 2.33. The lowest BCUT2D eigenvalue weighted by Gasteiger charge is -2.30. The molecule has 0 aliphatic carbocycles. The largest absolute Gasteiger partial charge is 0.497 e. The number of nitrogens with one attached hydrogen (secondary N) is 1. The third-order valence-electron chi connectivity index (χ3n) is 6.15. The number of para-hydroxylation sites is 1. The number of hydrogen-bond donors (Lipinski definition) is 1. The van der Waals surface area contributed by atoms with Crippen molar-refractivity contribution in [2.75, 3.05) is 24.6 Å². The predicted molar refractivity (Wildman–Crippen MR) is 136 cm³/mol. The van der Waals surface area contributed by atoms with Gasteiger partial charge in [-0.3, -0.25) is 9.10 Å². The lowest BCUT2D eigenvalue weighted by Crippen LogP contribution is -2.35. The van der Waals surface area contributed by atoms with Crippen LogP contribution in [0.3, 0.4) is 0 Å². The zero-order valence-electron chi connectivity index (χ0n) is 20.2. The van der Waals surface area contributed by atoms with Crippen LogP contribution in [0.2, 0.25) is 0 Å². The maximum Gasteiger partial charge on any atom is 0.264 e. The van der Waals surface area contributed by atoms with Crippen LogP contribution in [-0.4, -0.2) is 34.6 Å². The normalized spacial score (nSPS) is 14.1. The van der Waals surface area contributed by atoms with E-state index in [-0.39, 0.29) is 23.5 Å². The summed E-state index contributed by atoms with van der Waals surface area (Å²) in [6.07, 6.45) is 1.65. The second kappa shape index (κ2) is 10.4. The van der Waals surface area contributed by atoms with Crippen LogP contribution in [0.25, 0.3) is 0 Å². The van der Waals surface area contributed by atoms with Crippen molar-refractivity contribution >= 4 is 21.6 Å². The van der Waals surface area contributed by atoms with E-state index in [9.17, 15) is 13.2 Å². The molecule has 0 saturated carbocycles. The second-order valence-corrected chi connectivity index (χ2v) is 10.5. The van der Waals surface area contributed by atoms with Gasteiger partial charge >= 0.3 is 0 Å². The van der Waals surface area contributed by atoms with Gasteiger partial charge in [-0.1, -0.05) is 30.3 Å². The molecule has 0 radical (unpaired) electrons. The first-order chi connectivity index (χ1) is 16.8. The Balaban J connectivity index is 1.41. The average molecular weight is 495 g/mol. The van der Waals surface area contributed by atoms with Gasteiger partial charge in [-0.05, 0) is 79.8 Å². The second-order valence-electron chi connectivity index (χ2n) is 8.59. The number of amides is 1. The zero-order valence-corrected chi connectivity index (χ0v) is 21.0. The monoisotopic (exact) mass is 494 g/mol. The molecule has 8 heteroatoms. The summed E-state index contributed by atoms with van der Waals surface area (Å²) in [6.45, 7) is 3.94. The Hall–Kier alpha value is -3.52. The molecule has 0 spiro atoms.